The molecule has 0 saturated heterocycles. The number of aliphatic hydroxyl groups excluding tert-OH is 1. The van der Waals surface area contributed by atoms with Crippen LogP contribution in [0.15, 0.2) is 48.6 Å². The molecule has 92 valence electrons. The molecule has 0 aliphatic carbocycles. The van der Waals surface area contributed by atoms with Crippen LogP contribution in [0.5, 0.6) is 5.75 Å². The summed E-state index contributed by atoms with van der Waals surface area (Å²) in [6.07, 6.45) is 9.29. The van der Waals surface area contributed by atoms with Crippen LogP contribution in [0.3, 0.4) is 0 Å². The van der Waals surface area contributed by atoms with Gasteiger partial charge in [-0.2, -0.15) is 0 Å². The summed E-state index contributed by atoms with van der Waals surface area (Å²) in [4.78, 5) is 0. The summed E-state index contributed by atoms with van der Waals surface area (Å²) in [5, 5.41) is 9.01. The lowest BCUT2D eigenvalue weighted by atomic mass is 10.1. The molecule has 2 heteroatoms. The Morgan fingerprint density at radius 2 is 2.18 bits per heavy atom. The molecule has 0 aromatic heterocycles. The molecular formula is C15H20O2. The maximum atomic E-state index is 9.01. The van der Waals surface area contributed by atoms with Crippen molar-refractivity contribution in [1.29, 1.82) is 0 Å². The summed E-state index contributed by atoms with van der Waals surface area (Å²) in [5.41, 5.74) is 1.27. The number of rotatable bonds is 6. The molecule has 0 aliphatic heterocycles. The second-order valence-electron chi connectivity index (χ2n) is 3.94. The molecule has 0 fully saturated rings. The fourth-order valence-electron chi connectivity index (χ4n) is 1.48. The predicted octanol–water partition coefficient (Wildman–Crippen LogP) is 3.12. The maximum absolute atomic E-state index is 9.01. The van der Waals surface area contributed by atoms with Crippen LogP contribution in [0.25, 0.3) is 0 Å². The van der Waals surface area contributed by atoms with Gasteiger partial charge in [0.15, 0.2) is 0 Å². The summed E-state index contributed by atoms with van der Waals surface area (Å²) in [5.74, 6) is 0.903. The molecule has 0 spiro atoms. The molecule has 1 atom stereocenters. The molecule has 0 heterocycles. The van der Waals surface area contributed by atoms with Crippen molar-refractivity contribution >= 4 is 0 Å². The zero-order valence-electron chi connectivity index (χ0n) is 10.5. The van der Waals surface area contributed by atoms with Gasteiger partial charge in [-0.05, 0) is 37.5 Å². The number of ether oxygens (including phenoxy) is 1. The summed E-state index contributed by atoms with van der Waals surface area (Å²) in [7, 11) is 1.68. The Bertz CT molecular complexity index is 378. The molecule has 0 radical (unpaired) electrons. The van der Waals surface area contributed by atoms with E-state index in [2.05, 4.69) is 18.2 Å². The minimum atomic E-state index is -0.377. The summed E-state index contributed by atoms with van der Waals surface area (Å²) in [6, 6.07) is 8.11. The number of hydrogen-bond donors (Lipinski definition) is 1. The summed E-state index contributed by atoms with van der Waals surface area (Å²) < 4.78 is 5.17. The quantitative estimate of drug-likeness (QED) is 0.764. The van der Waals surface area contributed by atoms with Gasteiger partial charge in [0.05, 0.1) is 13.2 Å². The third-order valence-electron chi connectivity index (χ3n) is 2.37. The highest BCUT2D eigenvalue weighted by molar-refractivity contribution is 5.28. The molecule has 1 aromatic carbocycles. The summed E-state index contributed by atoms with van der Waals surface area (Å²) in [6.45, 7) is 1.74. The molecule has 0 aliphatic rings. The van der Waals surface area contributed by atoms with E-state index in [1.54, 1.807) is 20.1 Å². The van der Waals surface area contributed by atoms with Crippen molar-refractivity contribution in [1.82, 2.24) is 0 Å². The Kier molecular flexibility index (Phi) is 6.12. The van der Waals surface area contributed by atoms with E-state index in [1.807, 2.05) is 24.3 Å². The number of benzene rings is 1. The first kappa shape index (κ1) is 13.5. The molecule has 1 rings (SSSR count). The van der Waals surface area contributed by atoms with E-state index in [1.165, 1.54) is 5.56 Å². The van der Waals surface area contributed by atoms with E-state index < -0.39 is 0 Å². The fraction of sp³-hybridized carbons (Fsp3) is 0.333. The third-order valence-corrected chi connectivity index (χ3v) is 2.37. The van der Waals surface area contributed by atoms with Crippen LogP contribution in [0.1, 0.15) is 18.9 Å². The molecule has 1 N–H and O–H groups in total. The smallest absolute Gasteiger partial charge is 0.119 e. The number of aliphatic hydroxyl groups is 1. The first-order valence-corrected chi connectivity index (χ1v) is 5.86. The highest BCUT2D eigenvalue weighted by Gasteiger charge is 1.93. The lowest BCUT2D eigenvalue weighted by Gasteiger charge is -2.02. The first-order chi connectivity index (χ1) is 8.22. The molecule has 0 saturated carbocycles. The SMILES string of the molecule is COc1cccc(CC/C=C/C=C/[C@H](C)O)c1. The van der Waals surface area contributed by atoms with Crippen molar-refractivity contribution in [3.63, 3.8) is 0 Å². The van der Waals surface area contributed by atoms with E-state index in [4.69, 9.17) is 9.84 Å². The second-order valence-corrected chi connectivity index (χ2v) is 3.94. The largest absolute Gasteiger partial charge is 0.497 e. The Balaban J connectivity index is 2.35. The fourth-order valence-corrected chi connectivity index (χ4v) is 1.48. The van der Waals surface area contributed by atoms with Gasteiger partial charge in [0.2, 0.25) is 0 Å². The summed E-state index contributed by atoms with van der Waals surface area (Å²) >= 11 is 0. The van der Waals surface area contributed by atoms with Crippen molar-refractivity contribution in [2.24, 2.45) is 0 Å². The molecular weight excluding hydrogens is 212 g/mol. The van der Waals surface area contributed by atoms with Crippen LogP contribution in [-0.4, -0.2) is 18.3 Å². The third kappa shape index (κ3) is 5.93. The maximum Gasteiger partial charge on any atom is 0.119 e. The lowest BCUT2D eigenvalue weighted by molar-refractivity contribution is 0.244. The highest BCUT2D eigenvalue weighted by Crippen LogP contribution is 2.13. The minimum Gasteiger partial charge on any atom is -0.497 e. The zero-order chi connectivity index (χ0) is 12.5. The zero-order valence-corrected chi connectivity index (χ0v) is 10.5. The van der Waals surface area contributed by atoms with E-state index >= 15 is 0 Å². The van der Waals surface area contributed by atoms with Crippen molar-refractivity contribution < 1.29 is 9.84 Å². The topological polar surface area (TPSA) is 29.5 Å². The van der Waals surface area contributed by atoms with Gasteiger partial charge in [-0.1, -0.05) is 36.4 Å². The number of aryl methyl sites for hydroxylation is 1. The second kappa shape index (κ2) is 7.69. The van der Waals surface area contributed by atoms with Crippen LogP contribution in [-0.2, 0) is 6.42 Å². The Morgan fingerprint density at radius 3 is 2.88 bits per heavy atom. The van der Waals surface area contributed by atoms with Crippen molar-refractivity contribution in [2.45, 2.75) is 25.9 Å². The number of methoxy groups -OCH3 is 1. The van der Waals surface area contributed by atoms with E-state index in [0.29, 0.717) is 0 Å². The van der Waals surface area contributed by atoms with Crippen LogP contribution in [0.2, 0.25) is 0 Å². The minimum absolute atomic E-state index is 0.377. The van der Waals surface area contributed by atoms with E-state index in [-0.39, 0.29) is 6.10 Å². The molecule has 1 aromatic rings. The van der Waals surface area contributed by atoms with E-state index in [0.717, 1.165) is 18.6 Å². The predicted molar refractivity (Wildman–Crippen MR) is 71.3 cm³/mol. The Morgan fingerprint density at radius 1 is 1.35 bits per heavy atom. The van der Waals surface area contributed by atoms with Gasteiger partial charge in [0.1, 0.15) is 5.75 Å². The molecule has 2 nitrogen and oxygen atoms in total. The van der Waals surface area contributed by atoms with Crippen LogP contribution in [0.4, 0.5) is 0 Å². The van der Waals surface area contributed by atoms with Crippen molar-refractivity contribution in [3.8, 4) is 5.75 Å². The van der Waals surface area contributed by atoms with Crippen molar-refractivity contribution in [2.75, 3.05) is 7.11 Å². The molecule has 0 amide bonds. The van der Waals surface area contributed by atoms with Crippen LogP contribution < -0.4 is 4.74 Å². The van der Waals surface area contributed by atoms with Gasteiger partial charge in [-0.3, -0.25) is 0 Å². The van der Waals surface area contributed by atoms with Crippen LogP contribution in [0, 0.1) is 0 Å². The normalized spacial score (nSPS) is 13.4. The van der Waals surface area contributed by atoms with Gasteiger partial charge in [-0.25, -0.2) is 0 Å². The number of hydrogen-bond acceptors (Lipinski definition) is 2. The Labute approximate surface area is 103 Å². The monoisotopic (exact) mass is 232 g/mol. The van der Waals surface area contributed by atoms with Gasteiger partial charge in [-0.15, -0.1) is 0 Å². The molecule has 0 bridgehead atoms. The van der Waals surface area contributed by atoms with Gasteiger partial charge >= 0.3 is 0 Å². The molecule has 0 unspecified atom stereocenters. The number of allylic oxidation sites excluding steroid dienone is 3. The Hall–Kier alpha value is -1.54. The lowest BCUT2D eigenvalue weighted by Crippen LogP contribution is -1.90. The van der Waals surface area contributed by atoms with Gasteiger partial charge < -0.3 is 9.84 Å². The van der Waals surface area contributed by atoms with E-state index in [9.17, 15) is 0 Å². The molecule has 17 heavy (non-hydrogen) atoms. The van der Waals surface area contributed by atoms with Crippen LogP contribution >= 0.6 is 0 Å². The van der Waals surface area contributed by atoms with Crippen molar-refractivity contribution in [3.05, 3.63) is 54.1 Å². The average molecular weight is 232 g/mol. The van der Waals surface area contributed by atoms with Gasteiger partial charge in [0.25, 0.3) is 0 Å². The first-order valence-electron chi connectivity index (χ1n) is 5.86. The standard InChI is InChI=1S/C15H20O2/c1-13(16)8-5-3-4-6-9-14-10-7-11-15(12-14)17-2/h3-5,7-8,10-13,16H,6,9H2,1-2H3/b4-3+,8-5+/t13-/m0/s1. The van der Waals surface area contributed by atoms with Gasteiger partial charge in [0, 0.05) is 0 Å². The highest BCUT2D eigenvalue weighted by atomic mass is 16.5. The average Bonchev–Trinajstić information content (AvgIpc) is 2.33.